The Morgan fingerprint density at radius 2 is 0.900 bits per heavy atom. The number of fused-ring (bicyclic) bond motifs is 5. The first-order valence-electron chi connectivity index (χ1n) is 16.5. The lowest BCUT2D eigenvalue weighted by molar-refractivity contribution is -0.136. The van der Waals surface area contributed by atoms with Crippen molar-refractivity contribution in [2.45, 2.75) is 38.0 Å². The van der Waals surface area contributed by atoms with E-state index in [1.54, 1.807) is 70.7 Å². The van der Waals surface area contributed by atoms with Gasteiger partial charge >= 0.3 is 0 Å². The van der Waals surface area contributed by atoms with Crippen LogP contribution in [-0.2, 0) is 19.2 Å². The van der Waals surface area contributed by atoms with Crippen molar-refractivity contribution in [3.63, 3.8) is 0 Å². The fourth-order valence-corrected chi connectivity index (χ4v) is 8.10. The highest BCUT2D eigenvalue weighted by molar-refractivity contribution is 6.26. The molecule has 4 amide bonds. The zero-order valence-corrected chi connectivity index (χ0v) is 27.1. The van der Waals surface area contributed by atoms with E-state index in [0.29, 0.717) is 47.2 Å². The first-order chi connectivity index (χ1) is 24.2. The predicted octanol–water partition coefficient (Wildman–Crippen LogP) is 5.21. The largest absolute Gasteiger partial charge is 0.494 e. The SMILES string of the molecule is CCOc1ccc(N2C(=O)[C@@H]3[C@@H](C2=O)N2[C@@H](c4cccc(F)c4)[C@@H]4C(=O)N(c5ccc(OCC)cc5)C(=O)[C@@H]4N2[C@@H]3c2cccc(F)c2)cc1. The van der Waals surface area contributed by atoms with Gasteiger partial charge in [0.05, 0.1) is 48.5 Å². The maximum atomic E-state index is 14.9. The van der Waals surface area contributed by atoms with E-state index < -0.39 is 71.3 Å². The molecule has 0 unspecified atom stereocenters. The number of benzene rings is 4. The second-order valence-corrected chi connectivity index (χ2v) is 12.6. The van der Waals surface area contributed by atoms with Gasteiger partial charge in [0.2, 0.25) is 11.8 Å². The molecule has 0 saturated carbocycles. The van der Waals surface area contributed by atoms with Gasteiger partial charge in [-0.2, -0.15) is 0 Å². The summed E-state index contributed by atoms with van der Waals surface area (Å²) in [7, 11) is 0. The molecule has 4 saturated heterocycles. The molecule has 4 aliphatic rings. The van der Waals surface area contributed by atoms with Gasteiger partial charge in [0, 0.05) is 0 Å². The van der Waals surface area contributed by atoms with Crippen LogP contribution < -0.4 is 19.3 Å². The number of anilines is 2. The van der Waals surface area contributed by atoms with Gasteiger partial charge in [-0.3, -0.25) is 19.2 Å². The molecule has 4 aliphatic heterocycles. The van der Waals surface area contributed by atoms with Crippen molar-refractivity contribution in [2.24, 2.45) is 11.8 Å². The van der Waals surface area contributed by atoms with Gasteiger partial charge in [-0.1, -0.05) is 24.3 Å². The molecule has 4 heterocycles. The number of ether oxygens (including phenoxy) is 2. The Morgan fingerprint density at radius 1 is 0.520 bits per heavy atom. The first-order valence-corrected chi connectivity index (χ1v) is 16.5. The van der Waals surface area contributed by atoms with Crippen LogP contribution in [0.3, 0.4) is 0 Å². The number of hydrogen-bond donors (Lipinski definition) is 0. The standard InChI is InChI=1S/C38H32F2N4O6/c1-3-49-27-15-11-25(12-16-27)41-35(45)29-31(21-7-5-9-23(39)19-21)44-34-30(32(43(44)33(29)37(41)47)22-8-6-10-24(40)20-22)36(46)42(38(34)48)26-13-17-28(18-14-26)50-4-2/h5-20,29-34H,3-4H2,1-2H3/t29-,30-,31-,32+,33+,34-/m0/s1. The van der Waals surface area contributed by atoms with Gasteiger partial charge in [-0.05, 0) is 97.8 Å². The van der Waals surface area contributed by atoms with Crippen LogP contribution in [0.2, 0.25) is 0 Å². The lowest BCUT2D eigenvalue weighted by Crippen LogP contribution is -2.50. The van der Waals surface area contributed by atoms with E-state index >= 15 is 0 Å². The van der Waals surface area contributed by atoms with Crippen molar-refractivity contribution < 1.29 is 37.4 Å². The molecule has 0 bridgehead atoms. The molecule has 12 heteroatoms. The zero-order chi connectivity index (χ0) is 34.8. The van der Waals surface area contributed by atoms with Crippen molar-refractivity contribution in [3.8, 4) is 11.5 Å². The van der Waals surface area contributed by atoms with Crippen molar-refractivity contribution >= 4 is 35.0 Å². The van der Waals surface area contributed by atoms with Gasteiger partial charge in [-0.15, -0.1) is 0 Å². The highest BCUT2D eigenvalue weighted by Crippen LogP contribution is 2.59. The lowest BCUT2D eigenvalue weighted by atomic mass is 9.84. The van der Waals surface area contributed by atoms with Crippen LogP contribution in [0.1, 0.15) is 37.1 Å². The van der Waals surface area contributed by atoms with Crippen molar-refractivity contribution in [2.75, 3.05) is 23.0 Å². The topological polar surface area (TPSA) is 99.7 Å². The molecule has 0 aromatic heterocycles. The van der Waals surface area contributed by atoms with E-state index in [1.807, 2.05) is 13.8 Å². The molecular weight excluding hydrogens is 646 g/mol. The lowest BCUT2D eigenvalue weighted by Gasteiger charge is -2.35. The van der Waals surface area contributed by atoms with E-state index in [9.17, 15) is 28.0 Å². The molecule has 0 aliphatic carbocycles. The van der Waals surface area contributed by atoms with Crippen LogP contribution in [0.4, 0.5) is 20.2 Å². The Balaban J connectivity index is 1.28. The van der Waals surface area contributed by atoms with Gasteiger partial charge in [0.25, 0.3) is 11.8 Å². The number of rotatable bonds is 8. The number of amides is 4. The number of carbonyl (C=O) groups is 4. The number of hydrogen-bond acceptors (Lipinski definition) is 8. The quantitative estimate of drug-likeness (QED) is 0.235. The smallest absolute Gasteiger partial charge is 0.253 e. The minimum atomic E-state index is -1.18. The number of carbonyl (C=O) groups excluding carboxylic acids is 4. The van der Waals surface area contributed by atoms with Crippen LogP contribution in [0.5, 0.6) is 11.5 Å². The Labute approximate surface area is 286 Å². The Kier molecular flexibility index (Phi) is 7.72. The Hall–Kier alpha value is -5.46. The number of nitrogens with zero attached hydrogens (tertiary/aromatic N) is 4. The molecule has 50 heavy (non-hydrogen) atoms. The molecule has 254 valence electrons. The van der Waals surface area contributed by atoms with E-state index in [1.165, 1.54) is 36.4 Å². The molecule has 0 N–H and O–H groups in total. The molecule has 8 rings (SSSR count). The summed E-state index contributed by atoms with van der Waals surface area (Å²) in [6, 6.07) is 20.1. The fraction of sp³-hybridized carbons (Fsp3) is 0.263. The summed E-state index contributed by atoms with van der Waals surface area (Å²) in [5, 5.41) is 3.23. The van der Waals surface area contributed by atoms with E-state index in [4.69, 9.17) is 9.47 Å². The summed E-state index contributed by atoms with van der Waals surface area (Å²) in [6.45, 7) is 4.55. The van der Waals surface area contributed by atoms with Gasteiger partial charge < -0.3 is 9.47 Å². The van der Waals surface area contributed by atoms with Crippen molar-refractivity contribution in [1.29, 1.82) is 0 Å². The number of hydrazine groups is 1. The highest BCUT2D eigenvalue weighted by atomic mass is 19.1. The highest BCUT2D eigenvalue weighted by Gasteiger charge is 2.73. The van der Waals surface area contributed by atoms with Gasteiger partial charge in [-0.25, -0.2) is 28.6 Å². The molecule has 0 spiro atoms. The van der Waals surface area contributed by atoms with Gasteiger partial charge in [0.15, 0.2) is 0 Å². The molecule has 4 aromatic rings. The van der Waals surface area contributed by atoms with Crippen LogP contribution >= 0.6 is 0 Å². The number of halogens is 2. The third-order valence-corrected chi connectivity index (χ3v) is 9.92. The third kappa shape index (κ3) is 4.73. The average Bonchev–Trinajstić information content (AvgIpc) is 3.77. The fourth-order valence-electron chi connectivity index (χ4n) is 8.10. The molecule has 0 radical (unpaired) electrons. The second-order valence-electron chi connectivity index (χ2n) is 12.6. The van der Waals surface area contributed by atoms with Crippen LogP contribution in [0.25, 0.3) is 0 Å². The average molecular weight is 679 g/mol. The molecule has 4 fully saturated rings. The summed E-state index contributed by atoms with van der Waals surface area (Å²) in [5.74, 6) is -4.41. The molecule has 4 aromatic carbocycles. The summed E-state index contributed by atoms with van der Waals surface area (Å²) >= 11 is 0. The summed E-state index contributed by atoms with van der Waals surface area (Å²) in [5.41, 5.74) is 1.35. The maximum absolute atomic E-state index is 14.9. The minimum absolute atomic E-state index is 0.318. The third-order valence-electron chi connectivity index (χ3n) is 9.92. The monoisotopic (exact) mass is 678 g/mol. The van der Waals surface area contributed by atoms with Crippen molar-refractivity contribution in [3.05, 3.63) is 120 Å². The summed E-state index contributed by atoms with van der Waals surface area (Å²) in [6.07, 6.45) is 0. The molecule has 10 nitrogen and oxygen atoms in total. The Bertz CT molecular complexity index is 1880. The van der Waals surface area contributed by atoms with Gasteiger partial charge in [0.1, 0.15) is 35.2 Å². The van der Waals surface area contributed by atoms with E-state index in [-0.39, 0.29) is 0 Å². The summed E-state index contributed by atoms with van der Waals surface area (Å²) in [4.78, 5) is 60.3. The Morgan fingerprint density at radius 3 is 1.24 bits per heavy atom. The molecular formula is C38H32F2N4O6. The predicted molar refractivity (Wildman–Crippen MR) is 177 cm³/mol. The normalized spacial score (nSPS) is 26.1. The summed E-state index contributed by atoms with van der Waals surface area (Å²) < 4.78 is 40.9. The minimum Gasteiger partial charge on any atom is -0.494 e. The van der Waals surface area contributed by atoms with E-state index in [2.05, 4.69) is 0 Å². The first kappa shape index (κ1) is 31.8. The zero-order valence-electron chi connectivity index (χ0n) is 27.1. The van der Waals surface area contributed by atoms with Crippen LogP contribution in [-0.4, -0.2) is 58.9 Å². The molecule has 6 atom stereocenters. The van der Waals surface area contributed by atoms with Crippen LogP contribution in [0.15, 0.2) is 97.1 Å². The van der Waals surface area contributed by atoms with Crippen LogP contribution in [0, 0.1) is 23.5 Å². The number of imide groups is 2. The second kappa shape index (κ2) is 12.1. The maximum Gasteiger partial charge on any atom is 0.253 e. The van der Waals surface area contributed by atoms with Crippen molar-refractivity contribution in [1.82, 2.24) is 10.0 Å². The van der Waals surface area contributed by atoms with E-state index in [0.717, 1.165) is 9.80 Å².